The first-order valence-corrected chi connectivity index (χ1v) is 11.9. The van der Waals surface area contributed by atoms with Crippen LogP contribution in [0.15, 0.2) is 54.6 Å². The first-order chi connectivity index (χ1) is 16.2. The van der Waals surface area contributed by atoms with Crippen LogP contribution in [0, 0.1) is 6.92 Å². The third-order valence-corrected chi connectivity index (χ3v) is 6.82. The van der Waals surface area contributed by atoms with E-state index in [1.54, 1.807) is 0 Å². The maximum atomic E-state index is 13.2. The van der Waals surface area contributed by atoms with Gasteiger partial charge in [-0.05, 0) is 43.2 Å². The summed E-state index contributed by atoms with van der Waals surface area (Å²) in [6.07, 6.45) is 1.97. The van der Waals surface area contributed by atoms with Crippen LogP contribution in [0.1, 0.15) is 39.9 Å². The SMILES string of the molecule is Cc1nnc2n1C[C@@H](c1cccc(C(=O)N3CCN(CCOc4ccccc4)CC3)c1)CC2. The van der Waals surface area contributed by atoms with Crippen molar-refractivity contribution in [2.24, 2.45) is 0 Å². The summed E-state index contributed by atoms with van der Waals surface area (Å²) < 4.78 is 8.03. The molecule has 0 aliphatic carbocycles. The Kier molecular flexibility index (Phi) is 6.39. The lowest BCUT2D eigenvalue weighted by molar-refractivity contribution is 0.0620. The zero-order valence-corrected chi connectivity index (χ0v) is 19.2. The van der Waals surface area contributed by atoms with Crippen LogP contribution in [-0.4, -0.2) is 69.8 Å². The highest BCUT2D eigenvalue weighted by molar-refractivity contribution is 5.94. The second-order valence-corrected chi connectivity index (χ2v) is 8.93. The molecule has 2 aliphatic rings. The fourth-order valence-corrected chi connectivity index (χ4v) is 4.83. The number of rotatable bonds is 6. The molecule has 3 aromatic rings. The van der Waals surface area contributed by atoms with Gasteiger partial charge in [0, 0.05) is 57.2 Å². The number of fused-ring (bicyclic) bond motifs is 1. The number of ether oxygens (including phenoxy) is 1. The second kappa shape index (κ2) is 9.75. The average molecular weight is 446 g/mol. The molecule has 7 nitrogen and oxygen atoms in total. The van der Waals surface area contributed by atoms with E-state index in [-0.39, 0.29) is 5.91 Å². The second-order valence-electron chi connectivity index (χ2n) is 8.93. The minimum absolute atomic E-state index is 0.133. The molecule has 1 fully saturated rings. The third kappa shape index (κ3) is 4.93. The van der Waals surface area contributed by atoms with Crippen LogP contribution in [0.25, 0.3) is 0 Å². The van der Waals surface area contributed by atoms with Crippen LogP contribution in [0.5, 0.6) is 5.75 Å². The summed E-state index contributed by atoms with van der Waals surface area (Å²) in [4.78, 5) is 17.6. The monoisotopic (exact) mass is 445 g/mol. The number of carbonyl (C=O) groups is 1. The van der Waals surface area contributed by atoms with Crippen LogP contribution in [0.2, 0.25) is 0 Å². The molecule has 3 heterocycles. The number of para-hydroxylation sites is 1. The topological polar surface area (TPSA) is 63.5 Å². The van der Waals surface area contributed by atoms with Gasteiger partial charge < -0.3 is 14.2 Å². The van der Waals surface area contributed by atoms with Crippen molar-refractivity contribution in [2.75, 3.05) is 39.3 Å². The van der Waals surface area contributed by atoms with Crippen LogP contribution in [0.3, 0.4) is 0 Å². The molecule has 0 spiro atoms. The van der Waals surface area contributed by atoms with Gasteiger partial charge in [0.25, 0.3) is 5.91 Å². The fourth-order valence-electron chi connectivity index (χ4n) is 4.83. The summed E-state index contributed by atoms with van der Waals surface area (Å²) in [5.41, 5.74) is 2.02. The van der Waals surface area contributed by atoms with Crippen molar-refractivity contribution in [1.82, 2.24) is 24.6 Å². The molecule has 1 amide bonds. The number of piperazine rings is 1. The summed E-state index contributed by atoms with van der Waals surface area (Å²) in [5.74, 6) is 3.47. The number of amides is 1. The Morgan fingerprint density at radius 1 is 1.03 bits per heavy atom. The fraction of sp³-hybridized carbons (Fsp3) is 0.423. The van der Waals surface area contributed by atoms with Crippen molar-refractivity contribution in [3.8, 4) is 5.75 Å². The van der Waals surface area contributed by atoms with Gasteiger partial charge in [-0.3, -0.25) is 9.69 Å². The van der Waals surface area contributed by atoms with Crippen molar-refractivity contribution < 1.29 is 9.53 Å². The van der Waals surface area contributed by atoms with Gasteiger partial charge in [-0.15, -0.1) is 10.2 Å². The minimum Gasteiger partial charge on any atom is -0.492 e. The summed E-state index contributed by atoms with van der Waals surface area (Å²) >= 11 is 0. The Balaban J connectivity index is 1.14. The molecule has 0 bridgehead atoms. The molecule has 33 heavy (non-hydrogen) atoms. The van der Waals surface area contributed by atoms with Crippen LogP contribution in [-0.2, 0) is 13.0 Å². The number of hydrogen-bond acceptors (Lipinski definition) is 5. The molecule has 7 heteroatoms. The number of nitrogens with zero attached hydrogens (tertiary/aromatic N) is 5. The Hall–Kier alpha value is -3.19. The molecule has 1 atom stereocenters. The zero-order valence-electron chi connectivity index (χ0n) is 19.2. The Morgan fingerprint density at radius 3 is 2.67 bits per heavy atom. The number of aromatic nitrogens is 3. The Morgan fingerprint density at radius 2 is 1.85 bits per heavy atom. The van der Waals surface area contributed by atoms with Crippen molar-refractivity contribution in [2.45, 2.75) is 32.2 Å². The van der Waals surface area contributed by atoms with E-state index in [0.717, 1.165) is 75.1 Å². The van der Waals surface area contributed by atoms with Gasteiger partial charge in [0.1, 0.15) is 24.0 Å². The largest absolute Gasteiger partial charge is 0.492 e. The highest BCUT2D eigenvalue weighted by Gasteiger charge is 2.25. The normalized spacial score (nSPS) is 18.7. The van der Waals surface area contributed by atoms with Crippen molar-refractivity contribution in [1.29, 1.82) is 0 Å². The van der Waals surface area contributed by atoms with Gasteiger partial charge in [-0.2, -0.15) is 0 Å². The number of benzene rings is 2. The number of aryl methyl sites for hydroxylation is 2. The lowest BCUT2D eigenvalue weighted by Gasteiger charge is -2.34. The summed E-state index contributed by atoms with van der Waals surface area (Å²) in [5, 5.41) is 8.49. The first-order valence-electron chi connectivity index (χ1n) is 11.9. The van der Waals surface area contributed by atoms with Crippen LogP contribution in [0.4, 0.5) is 0 Å². The quantitative estimate of drug-likeness (QED) is 0.583. The van der Waals surface area contributed by atoms with E-state index < -0.39 is 0 Å². The zero-order chi connectivity index (χ0) is 22.6. The highest BCUT2D eigenvalue weighted by Crippen LogP contribution is 2.29. The van der Waals surface area contributed by atoms with E-state index in [0.29, 0.717) is 12.5 Å². The molecule has 2 aliphatic heterocycles. The molecule has 1 saturated heterocycles. The molecular formula is C26H31N5O2. The smallest absolute Gasteiger partial charge is 0.253 e. The van der Waals surface area contributed by atoms with Crippen LogP contribution >= 0.6 is 0 Å². The van der Waals surface area contributed by atoms with Gasteiger partial charge >= 0.3 is 0 Å². The molecule has 0 radical (unpaired) electrons. The molecule has 172 valence electrons. The Bertz CT molecular complexity index is 1090. The van der Waals surface area contributed by atoms with E-state index in [4.69, 9.17) is 4.74 Å². The van der Waals surface area contributed by atoms with E-state index in [9.17, 15) is 4.79 Å². The molecule has 5 rings (SSSR count). The van der Waals surface area contributed by atoms with E-state index in [2.05, 4.69) is 31.8 Å². The third-order valence-electron chi connectivity index (χ3n) is 6.82. The highest BCUT2D eigenvalue weighted by atomic mass is 16.5. The molecule has 2 aromatic carbocycles. The Labute approximate surface area is 195 Å². The summed E-state index contributed by atoms with van der Waals surface area (Å²) in [6, 6.07) is 18.1. The van der Waals surface area contributed by atoms with Crippen molar-refractivity contribution in [3.63, 3.8) is 0 Å². The van der Waals surface area contributed by atoms with Crippen molar-refractivity contribution >= 4 is 5.91 Å². The summed E-state index contributed by atoms with van der Waals surface area (Å²) in [7, 11) is 0. The molecule has 1 aromatic heterocycles. The van der Waals surface area contributed by atoms with Crippen LogP contribution < -0.4 is 4.74 Å². The van der Waals surface area contributed by atoms with Gasteiger partial charge in [-0.25, -0.2) is 0 Å². The lowest BCUT2D eigenvalue weighted by Crippen LogP contribution is -2.49. The van der Waals surface area contributed by atoms with Gasteiger partial charge in [-0.1, -0.05) is 30.3 Å². The minimum atomic E-state index is 0.133. The summed E-state index contributed by atoms with van der Waals surface area (Å²) in [6.45, 7) is 7.68. The molecular weight excluding hydrogens is 414 g/mol. The average Bonchev–Trinajstić information content (AvgIpc) is 3.25. The maximum absolute atomic E-state index is 13.2. The molecule has 0 N–H and O–H groups in total. The number of carbonyl (C=O) groups excluding carboxylic acids is 1. The molecule has 0 saturated carbocycles. The van der Waals surface area contributed by atoms with E-state index >= 15 is 0 Å². The van der Waals surface area contributed by atoms with E-state index in [1.165, 1.54) is 5.56 Å². The predicted molar refractivity (Wildman–Crippen MR) is 127 cm³/mol. The predicted octanol–water partition coefficient (Wildman–Crippen LogP) is 3.15. The number of hydrogen-bond donors (Lipinski definition) is 0. The molecule has 0 unspecified atom stereocenters. The lowest BCUT2D eigenvalue weighted by atomic mass is 9.90. The van der Waals surface area contributed by atoms with E-state index in [1.807, 2.05) is 54.3 Å². The van der Waals surface area contributed by atoms with Gasteiger partial charge in [0.15, 0.2) is 0 Å². The first kappa shape index (κ1) is 21.6. The van der Waals surface area contributed by atoms with Crippen molar-refractivity contribution in [3.05, 3.63) is 77.4 Å². The van der Waals surface area contributed by atoms with Gasteiger partial charge in [0.05, 0.1) is 0 Å². The maximum Gasteiger partial charge on any atom is 0.253 e. The standard InChI is InChI=1S/C26H31N5O2/c1-20-27-28-25-11-10-23(19-31(20)25)21-6-5-7-22(18-21)26(32)30-14-12-29(13-15-30)16-17-33-24-8-3-2-4-9-24/h2-9,18,23H,10-17,19H2,1H3/t23-/m0/s1. The van der Waals surface area contributed by atoms with Gasteiger partial charge in [0.2, 0.25) is 0 Å².